The molecule has 1 amide bonds. The van der Waals surface area contributed by atoms with E-state index in [9.17, 15) is 17.6 Å². The topological polar surface area (TPSA) is 69.7 Å². The van der Waals surface area contributed by atoms with Crippen LogP contribution >= 0.6 is 0 Å². The fraction of sp³-hybridized carbons (Fsp3) is 0.381. The molecule has 3 rings (SSSR count). The number of hydrogen-bond acceptors (Lipinski definition) is 4. The Labute approximate surface area is 171 Å². The lowest BCUT2D eigenvalue weighted by Gasteiger charge is -2.33. The van der Waals surface area contributed by atoms with E-state index in [4.69, 9.17) is 0 Å². The van der Waals surface area contributed by atoms with Crippen molar-refractivity contribution in [3.63, 3.8) is 0 Å². The van der Waals surface area contributed by atoms with Crippen molar-refractivity contribution in [3.05, 3.63) is 58.9 Å². The van der Waals surface area contributed by atoms with Crippen molar-refractivity contribution in [1.29, 1.82) is 0 Å². The van der Waals surface area contributed by atoms with Crippen molar-refractivity contribution < 1.29 is 17.6 Å². The lowest BCUT2D eigenvalue weighted by atomic mass is 10.1. The Morgan fingerprint density at radius 1 is 1.03 bits per heavy atom. The lowest BCUT2D eigenvalue weighted by Crippen LogP contribution is -2.50. The average Bonchev–Trinajstić information content (AvgIpc) is 2.65. The van der Waals surface area contributed by atoms with Gasteiger partial charge in [0.05, 0.1) is 11.4 Å². The third-order valence-corrected chi connectivity index (χ3v) is 6.97. The van der Waals surface area contributed by atoms with Gasteiger partial charge in [-0.25, -0.2) is 12.8 Å². The van der Waals surface area contributed by atoms with E-state index in [1.165, 1.54) is 22.5 Å². The standard InChI is InChI=1S/C21H26FN3O3S/c1-15-11-16(2)21(17(3)12-15)23-20(26)14-24-7-9-25(10-8-24)29(27,28)19-6-4-5-18(22)13-19/h4-6,11-13H,7-10,14H2,1-3H3,(H,23,26). The maximum Gasteiger partial charge on any atom is 0.243 e. The van der Waals surface area contributed by atoms with Crippen LogP contribution in [-0.2, 0) is 14.8 Å². The number of piperazine rings is 1. The van der Waals surface area contributed by atoms with Crippen LogP contribution in [0.1, 0.15) is 16.7 Å². The molecule has 2 aromatic carbocycles. The van der Waals surface area contributed by atoms with E-state index in [1.807, 2.05) is 37.8 Å². The molecule has 1 aliphatic rings. The number of nitrogens with one attached hydrogen (secondary N) is 1. The van der Waals surface area contributed by atoms with E-state index in [1.54, 1.807) is 0 Å². The second-order valence-electron chi connectivity index (χ2n) is 7.46. The van der Waals surface area contributed by atoms with Crippen molar-refractivity contribution in [2.45, 2.75) is 25.7 Å². The summed E-state index contributed by atoms with van der Waals surface area (Å²) in [4.78, 5) is 14.4. The molecule has 0 aromatic heterocycles. The van der Waals surface area contributed by atoms with E-state index in [0.29, 0.717) is 13.1 Å². The number of hydrogen-bond donors (Lipinski definition) is 1. The van der Waals surface area contributed by atoms with E-state index in [2.05, 4.69) is 5.32 Å². The van der Waals surface area contributed by atoms with Gasteiger partial charge in [-0.2, -0.15) is 4.31 Å². The Morgan fingerprint density at radius 2 is 1.66 bits per heavy atom. The first-order chi connectivity index (χ1) is 13.7. The molecular weight excluding hydrogens is 393 g/mol. The summed E-state index contributed by atoms with van der Waals surface area (Å²) in [5.41, 5.74) is 4.00. The molecule has 1 saturated heterocycles. The number of sulfonamides is 1. The van der Waals surface area contributed by atoms with E-state index >= 15 is 0 Å². The van der Waals surface area contributed by atoms with Gasteiger partial charge in [0, 0.05) is 31.9 Å². The largest absolute Gasteiger partial charge is 0.324 e. The van der Waals surface area contributed by atoms with Gasteiger partial charge < -0.3 is 5.32 Å². The van der Waals surface area contributed by atoms with Gasteiger partial charge in [0.25, 0.3) is 0 Å². The number of anilines is 1. The minimum atomic E-state index is -3.73. The summed E-state index contributed by atoms with van der Waals surface area (Å²) in [6.45, 7) is 7.53. The summed E-state index contributed by atoms with van der Waals surface area (Å²) in [5, 5.41) is 2.97. The quantitative estimate of drug-likeness (QED) is 0.809. The zero-order valence-electron chi connectivity index (χ0n) is 16.9. The highest BCUT2D eigenvalue weighted by Gasteiger charge is 2.29. The van der Waals surface area contributed by atoms with Crippen LogP contribution in [0.3, 0.4) is 0 Å². The first kappa shape index (κ1) is 21.4. The molecule has 1 aliphatic heterocycles. The molecule has 0 spiro atoms. The molecule has 0 saturated carbocycles. The molecule has 0 radical (unpaired) electrons. The number of rotatable bonds is 5. The van der Waals surface area contributed by atoms with Crippen molar-refractivity contribution in [1.82, 2.24) is 9.21 Å². The smallest absolute Gasteiger partial charge is 0.243 e. The maximum absolute atomic E-state index is 13.4. The Kier molecular flexibility index (Phi) is 6.36. The fourth-order valence-corrected chi connectivity index (χ4v) is 5.12. The van der Waals surface area contributed by atoms with Gasteiger partial charge in [0.2, 0.25) is 15.9 Å². The molecule has 1 fully saturated rings. The normalized spacial score (nSPS) is 16.0. The summed E-state index contributed by atoms with van der Waals surface area (Å²) in [6, 6.07) is 9.08. The van der Waals surface area contributed by atoms with Gasteiger partial charge in [-0.05, 0) is 50.1 Å². The zero-order valence-corrected chi connectivity index (χ0v) is 17.7. The molecule has 6 nitrogen and oxygen atoms in total. The molecule has 8 heteroatoms. The van der Waals surface area contributed by atoms with Crippen LogP contribution in [0.5, 0.6) is 0 Å². The summed E-state index contributed by atoms with van der Waals surface area (Å²) in [6.07, 6.45) is 0. The number of amides is 1. The Balaban J connectivity index is 1.58. The molecule has 0 unspecified atom stereocenters. The minimum Gasteiger partial charge on any atom is -0.324 e. The van der Waals surface area contributed by atoms with Gasteiger partial charge in [0.15, 0.2) is 0 Å². The predicted molar refractivity (Wildman–Crippen MR) is 111 cm³/mol. The van der Waals surface area contributed by atoms with Gasteiger partial charge in [-0.1, -0.05) is 23.8 Å². The van der Waals surface area contributed by atoms with Gasteiger partial charge in [0.1, 0.15) is 5.82 Å². The average molecular weight is 420 g/mol. The Hall–Kier alpha value is -2.29. The second-order valence-corrected chi connectivity index (χ2v) is 9.40. The van der Waals surface area contributed by atoms with Crippen LogP contribution < -0.4 is 5.32 Å². The van der Waals surface area contributed by atoms with Crippen molar-refractivity contribution in [3.8, 4) is 0 Å². The highest BCUT2D eigenvalue weighted by Crippen LogP contribution is 2.22. The van der Waals surface area contributed by atoms with Crippen LogP contribution in [-0.4, -0.2) is 56.3 Å². The third kappa shape index (κ3) is 5.01. The van der Waals surface area contributed by atoms with Crippen molar-refractivity contribution >= 4 is 21.6 Å². The molecule has 156 valence electrons. The maximum atomic E-state index is 13.4. The van der Waals surface area contributed by atoms with Crippen LogP contribution in [0.25, 0.3) is 0 Å². The summed E-state index contributed by atoms with van der Waals surface area (Å²) in [5.74, 6) is -0.704. The fourth-order valence-electron chi connectivity index (χ4n) is 3.66. The highest BCUT2D eigenvalue weighted by atomic mass is 32.2. The second kappa shape index (κ2) is 8.61. The number of carbonyl (C=O) groups is 1. The number of carbonyl (C=O) groups excluding carboxylic acids is 1. The van der Waals surface area contributed by atoms with Crippen LogP contribution in [0.15, 0.2) is 41.3 Å². The molecule has 29 heavy (non-hydrogen) atoms. The number of nitrogens with zero attached hydrogens (tertiary/aromatic N) is 2. The van der Waals surface area contributed by atoms with Crippen LogP contribution in [0.4, 0.5) is 10.1 Å². The lowest BCUT2D eigenvalue weighted by molar-refractivity contribution is -0.117. The van der Waals surface area contributed by atoms with Crippen molar-refractivity contribution in [2.24, 2.45) is 0 Å². The summed E-state index contributed by atoms with van der Waals surface area (Å²) < 4.78 is 40.1. The first-order valence-electron chi connectivity index (χ1n) is 9.52. The minimum absolute atomic E-state index is 0.0472. The van der Waals surface area contributed by atoms with Gasteiger partial charge in [-0.15, -0.1) is 0 Å². The Bertz CT molecular complexity index is 993. The van der Waals surface area contributed by atoms with Crippen LogP contribution in [0, 0.1) is 26.6 Å². The number of halogens is 1. The third-order valence-electron chi connectivity index (χ3n) is 5.07. The van der Waals surface area contributed by atoms with E-state index in [-0.39, 0.29) is 30.4 Å². The molecule has 0 bridgehead atoms. The summed E-state index contributed by atoms with van der Waals surface area (Å²) >= 11 is 0. The summed E-state index contributed by atoms with van der Waals surface area (Å²) in [7, 11) is -3.73. The van der Waals surface area contributed by atoms with Gasteiger partial charge >= 0.3 is 0 Å². The van der Waals surface area contributed by atoms with Crippen molar-refractivity contribution in [2.75, 3.05) is 38.0 Å². The zero-order chi connectivity index (χ0) is 21.2. The molecule has 0 aliphatic carbocycles. The first-order valence-corrected chi connectivity index (χ1v) is 11.0. The monoisotopic (exact) mass is 419 g/mol. The highest BCUT2D eigenvalue weighted by molar-refractivity contribution is 7.89. The van der Waals surface area contributed by atoms with E-state index in [0.717, 1.165) is 28.4 Å². The molecular formula is C21H26FN3O3S. The molecule has 2 aromatic rings. The molecule has 0 atom stereocenters. The number of aryl methyl sites for hydroxylation is 3. The van der Waals surface area contributed by atoms with E-state index < -0.39 is 15.8 Å². The SMILES string of the molecule is Cc1cc(C)c(NC(=O)CN2CCN(S(=O)(=O)c3cccc(F)c3)CC2)c(C)c1. The molecule has 1 heterocycles. The van der Waals surface area contributed by atoms with Gasteiger partial charge in [-0.3, -0.25) is 9.69 Å². The molecule has 1 N–H and O–H groups in total. The predicted octanol–water partition coefficient (Wildman–Crippen LogP) is 2.70. The van der Waals surface area contributed by atoms with Crippen LogP contribution in [0.2, 0.25) is 0 Å². The Morgan fingerprint density at radius 3 is 2.24 bits per heavy atom. The number of benzene rings is 2.